The lowest BCUT2D eigenvalue weighted by atomic mass is 9.90. The Labute approximate surface area is 142 Å². The number of benzene rings is 1. The molecule has 132 valence electrons. The molecule has 2 rings (SSSR count). The molecule has 6 nitrogen and oxygen atoms in total. The molecule has 1 fully saturated rings. The van der Waals surface area contributed by atoms with Crippen molar-refractivity contribution in [3.63, 3.8) is 0 Å². The van der Waals surface area contributed by atoms with Crippen LogP contribution in [0.15, 0.2) is 24.3 Å². The third kappa shape index (κ3) is 5.85. The summed E-state index contributed by atoms with van der Waals surface area (Å²) in [6, 6.07) is 6.27. The van der Waals surface area contributed by atoms with Gasteiger partial charge in [0.15, 0.2) is 0 Å². The lowest BCUT2D eigenvalue weighted by molar-refractivity contribution is -0.0531. The number of carbonyl (C=O) groups excluding carboxylic acids is 1. The third-order valence-corrected chi connectivity index (χ3v) is 4.29. The Morgan fingerprint density at radius 1 is 1.12 bits per heavy atom. The molecular weight excluding hydrogens is 308 g/mol. The normalized spacial score (nSPS) is 23.5. The Balaban J connectivity index is 1.65. The second-order valence-electron chi connectivity index (χ2n) is 6.49. The minimum atomic E-state index is -0.955. The Morgan fingerprint density at radius 3 is 2.33 bits per heavy atom. The van der Waals surface area contributed by atoms with E-state index >= 15 is 0 Å². The number of carboxylic acid groups (broad SMARTS) is 1. The van der Waals surface area contributed by atoms with Crippen LogP contribution < -0.4 is 10.6 Å². The summed E-state index contributed by atoms with van der Waals surface area (Å²) in [4.78, 5) is 22.6. The fourth-order valence-electron chi connectivity index (χ4n) is 3.18. The first-order valence-corrected chi connectivity index (χ1v) is 8.43. The molecule has 0 aromatic heterocycles. The number of rotatable bonds is 6. The van der Waals surface area contributed by atoms with Gasteiger partial charge in [-0.15, -0.1) is 0 Å². The van der Waals surface area contributed by atoms with Crippen molar-refractivity contribution in [3.05, 3.63) is 35.4 Å². The largest absolute Gasteiger partial charge is 0.478 e. The molecule has 0 saturated carbocycles. The van der Waals surface area contributed by atoms with E-state index in [1.807, 2.05) is 0 Å². The van der Waals surface area contributed by atoms with Crippen molar-refractivity contribution in [2.24, 2.45) is 5.92 Å². The fourth-order valence-corrected chi connectivity index (χ4v) is 3.18. The molecule has 6 heteroatoms. The molecule has 24 heavy (non-hydrogen) atoms. The van der Waals surface area contributed by atoms with Crippen LogP contribution in [-0.2, 0) is 11.3 Å². The maximum atomic E-state index is 11.8. The standard InChI is InChI=1S/C18H26N2O4/c1-12-9-15(10-13(2)24-12)7-8-19-18(23)20-11-14-3-5-16(6-4-14)17(21)22/h3-6,12-13,15H,7-11H2,1-2H3,(H,21,22)(H2,19,20,23). The lowest BCUT2D eigenvalue weighted by Crippen LogP contribution is -2.37. The van der Waals surface area contributed by atoms with E-state index in [2.05, 4.69) is 24.5 Å². The molecule has 0 bridgehead atoms. The number of urea groups is 1. The van der Waals surface area contributed by atoms with Gasteiger partial charge in [0.05, 0.1) is 17.8 Å². The summed E-state index contributed by atoms with van der Waals surface area (Å²) in [7, 11) is 0. The molecule has 2 amide bonds. The molecule has 2 atom stereocenters. The summed E-state index contributed by atoms with van der Waals surface area (Å²) in [5, 5.41) is 14.5. The molecule has 2 unspecified atom stereocenters. The topological polar surface area (TPSA) is 87.7 Å². The molecule has 3 N–H and O–H groups in total. The van der Waals surface area contributed by atoms with Crippen LogP contribution in [0, 0.1) is 5.92 Å². The molecule has 1 heterocycles. The van der Waals surface area contributed by atoms with Crippen LogP contribution in [0.2, 0.25) is 0 Å². The number of hydrogen-bond donors (Lipinski definition) is 3. The third-order valence-electron chi connectivity index (χ3n) is 4.29. The number of nitrogens with one attached hydrogen (secondary N) is 2. The van der Waals surface area contributed by atoms with E-state index in [0.717, 1.165) is 24.8 Å². The number of amides is 2. The molecule has 0 radical (unpaired) electrons. The predicted octanol–water partition coefficient (Wildman–Crippen LogP) is 2.78. The van der Waals surface area contributed by atoms with E-state index in [1.54, 1.807) is 12.1 Å². The quantitative estimate of drug-likeness (QED) is 0.746. The van der Waals surface area contributed by atoms with Crippen LogP contribution in [0.5, 0.6) is 0 Å². The van der Waals surface area contributed by atoms with Gasteiger partial charge in [0.25, 0.3) is 0 Å². The zero-order valence-electron chi connectivity index (χ0n) is 14.2. The minimum absolute atomic E-state index is 0.203. The lowest BCUT2D eigenvalue weighted by Gasteiger charge is -2.32. The summed E-state index contributed by atoms with van der Waals surface area (Å²) < 4.78 is 5.72. The van der Waals surface area contributed by atoms with Gasteiger partial charge in [0, 0.05) is 13.1 Å². The second kappa shape index (κ2) is 8.68. The van der Waals surface area contributed by atoms with Gasteiger partial charge in [-0.25, -0.2) is 9.59 Å². The second-order valence-corrected chi connectivity index (χ2v) is 6.49. The monoisotopic (exact) mass is 334 g/mol. The molecular formula is C18H26N2O4. The van der Waals surface area contributed by atoms with Crippen LogP contribution >= 0.6 is 0 Å². The smallest absolute Gasteiger partial charge is 0.335 e. The van der Waals surface area contributed by atoms with Crippen LogP contribution in [0.25, 0.3) is 0 Å². The number of aromatic carboxylic acids is 1. The summed E-state index contributed by atoms with van der Waals surface area (Å²) >= 11 is 0. The number of ether oxygens (including phenoxy) is 1. The zero-order chi connectivity index (χ0) is 17.5. The highest BCUT2D eigenvalue weighted by Crippen LogP contribution is 2.26. The van der Waals surface area contributed by atoms with Gasteiger partial charge in [-0.3, -0.25) is 0 Å². The average Bonchev–Trinajstić information content (AvgIpc) is 2.52. The van der Waals surface area contributed by atoms with Crippen molar-refractivity contribution < 1.29 is 19.4 Å². The van der Waals surface area contributed by atoms with Crippen molar-refractivity contribution in [1.82, 2.24) is 10.6 Å². The first kappa shape index (κ1) is 18.3. The highest BCUT2D eigenvalue weighted by Gasteiger charge is 2.23. The molecule has 1 aliphatic heterocycles. The summed E-state index contributed by atoms with van der Waals surface area (Å²) in [5.74, 6) is -0.364. The van der Waals surface area contributed by atoms with Gasteiger partial charge in [-0.05, 0) is 56.7 Å². The first-order chi connectivity index (χ1) is 11.4. The molecule has 1 aromatic rings. The van der Waals surface area contributed by atoms with Crippen LogP contribution in [-0.4, -0.2) is 35.9 Å². The van der Waals surface area contributed by atoms with E-state index in [4.69, 9.17) is 9.84 Å². The molecule has 1 saturated heterocycles. The Hall–Kier alpha value is -2.08. The average molecular weight is 334 g/mol. The highest BCUT2D eigenvalue weighted by molar-refractivity contribution is 5.87. The van der Waals surface area contributed by atoms with Gasteiger partial charge in [0.2, 0.25) is 0 Å². The maximum absolute atomic E-state index is 11.8. The molecule has 1 aliphatic rings. The van der Waals surface area contributed by atoms with Crippen molar-refractivity contribution in [3.8, 4) is 0 Å². The van der Waals surface area contributed by atoms with Gasteiger partial charge in [0.1, 0.15) is 0 Å². The van der Waals surface area contributed by atoms with Crippen molar-refractivity contribution >= 4 is 12.0 Å². The minimum Gasteiger partial charge on any atom is -0.478 e. The summed E-state index contributed by atoms with van der Waals surface area (Å²) in [6.45, 7) is 5.21. The number of carboxylic acids is 1. The maximum Gasteiger partial charge on any atom is 0.335 e. The van der Waals surface area contributed by atoms with Crippen molar-refractivity contribution in [2.75, 3.05) is 6.54 Å². The van der Waals surface area contributed by atoms with Crippen molar-refractivity contribution in [1.29, 1.82) is 0 Å². The van der Waals surface area contributed by atoms with E-state index in [-0.39, 0.29) is 11.6 Å². The SMILES string of the molecule is CC1CC(CCNC(=O)NCc2ccc(C(=O)O)cc2)CC(C)O1. The van der Waals surface area contributed by atoms with E-state index in [0.29, 0.717) is 31.2 Å². The van der Waals surface area contributed by atoms with Crippen LogP contribution in [0.4, 0.5) is 4.79 Å². The predicted molar refractivity (Wildman–Crippen MR) is 91.0 cm³/mol. The van der Waals surface area contributed by atoms with Crippen LogP contribution in [0.1, 0.15) is 49.0 Å². The van der Waals surface area contributed by atoms with E-state index < -0.39 is 5.97 Å². The van der Waals surface area contributed by atoms with E-state index in [9.17, 15) is 9.59 Å². The Kier molecular flexibility index (Phi) is 6.61. The fraction of sp³-hybridized carbons (Fsp3) is 0.556. The highest BCUT2D eigenvalue weighted by atomic mass is 16.5. The zero-order valence-corrected chi connectivity index (χ0v) is 14.2. The summed E-state index contributed by atoms with van der Waals surface area (Å²) in [5.41, 5.74) is 1.10. The number of hydrogen-bond acceptors (Lipinski definition) is 3. The van der Waals surface area contributed by atoms with Gasteiger partial charge >= 0.3 is 12.0 Å². The molecule has 0 spiro atoms. The van der Waals surface area contributed by atoms with Gasteiger partial charge in [-0.1, -0.05) is 12.1 Å². The first-order valence-electron chi connectivity index (χ1n) is 8.43. The molecule has 0 aliphatic carbocycles. The Morgan fingerprint density at radius 2 is 1.75 bits per heavy atom. The Bertz CT molecular complexity index is 549. The molecule has 1 aromatic carbocycles. The van der Waals surface area contributed by atoms with Gasteiger partial charge < -0.3 is 20.5 Å². The van der Waals surface area contributed by atoms with Crippen LogP contribution in [0.3, 0.4) is 0 Å². The van der Waals surface area contributed by atoms with Gasteiger partial charge in [-0.2, -0.15) is 0 Å². The van der Waals surface area contributed by atoms with E-state index in [1.165, 1.54) is 12.1 Å². The summed E-state index contributed by atoms with van der Waals surface area (Å²) in [6.07, 6.45) is 3.63. The van der Waals surface area contributed by atoms with Crippen molar-refractivity contribution in [2.45, 2.75) is 51.9 Å². The number of carbonyl (C=O) groups is 2.